The summed E-state index contributed by atoms with van der Waals surface area (Å²) in [6, 6.07) is 6.21. The van der Waals surface area contributed by atoms with Crippen LogP contribution in [0.4, 0.5) is 5.82 Å². The van der Waals surface area contributed by atoms with Crippen LogP contribution >= 0.6 is 0 Å². The molecule has 3 aromatic heterocycles. The summed E-state index contributed by atoms with van der Waals surface area (Å²) >= 11 is 0. The van der Waals surface area contributed by atoms with E-state index >= 15 is 0 Å². The minimum atomic E-state index is -0.404. The third kappa shape index (κ3) is 2.89. The van der Waals surface area contributed by atoms with Crippen molar-refractivity contribution in [2.75, 3.05) is 5.32 Å². The van der Waals surface area contributed by atoms with E-state index in [0.29, 0.717) is 11.5 Å². The van der Waals surface area contributed by atoms with Crippen LogP contribution in [0.1, 0.15) is 0 Å². The Morgan fingerprint density at radius 2 is 2.24 bits per heavy atom. The van der Waals surface area contributed by atoms with Crippen molar-refractivity contribution < 1.29 is 13.7 Å². The summed E-state index contributed by atoms with van der Waals surface area (Å²) in [5.41, 5.74) is 0.0601. The van der Waals surface area contributed by atoms with Gasteiger partial charge in [-0.25, -0.2) is 4.98 Å². The van der Waals surface area contributed by atoms with Crippen LogP contribution < -0.4 is 10.9 Å². The summed E-state index contributed by atoms with van der Waals surface area (Å²) in [6.07, 6.45) is 4.12. The lowest BCUT2D eigenvalue weighted by molar-refractivity contribution is -0.116. The number of nitrogens with zero attached hydrogens (tertiary/aromatic N) is 3. The fraction of sp³-hybridized carbons (Fsp3) is 0.0769. The second-order valence-corrected chi connectivity index (χ2v) is 4.15. The Balaban J connectivity index is 1.74. The molecule has 0 aromatic carbocycles. The van der Waals surface area contributed by atoms with Crippen LogP contribution in [0.3, 0.4) is 0 Å². The molecule has 1 amide bonds. The number of hydrogen-bond donors (Lipinski definition) is 1. The molecule has 1 N–H and O–H groups in total. The average molecular weight is 286 g/mol. The first-order valence-corrected chi connectivity index (χ1v) is 6.03. The Bertz CT molecular complexity index is 790. The van der Waals surface area contributed by atoms with Gasteiger partial charge < -0.3 is 14.3 Å². The summed E-state index contributed by atoms with van der Waals surface area (Å²) in [6.45, 7) is -0.170. The van der Waals surface area contributed by atoms with Crippen LogP contribution in [-0.2, 0) is 11.3 Å². The average Bonchev–Trinajstić information content (AvgIpc) is 3.13. The highest BCUT2D eigenvalue weighted by Gasteiger charge is 2.09. The van der Waals surface area contributed by atoms with Gasteiger partial charge in [0.05, 0.1) is 12.6 Å². The van der Waals surface area contributed by atoms with Gasteiger partial charge in [0, 0.05) is 12.1 Å². The molecule has 8 nitrogen and oxygen atoms in total. The van der Waals surface area contributed by atoms with E-state index in [1.807, 2.05) is 0 Å². The molecule has 0 atom stereocenters. The summed E-state index contributed by atoms with van der Waals surface area (Å²) in [4.78, 5) is 27.8. The standard InChI is InChI=1S/C13H10N4O4/c18-12(15-11-3-5-21-16-11)7-17-8-14-9(6-13(17)19)10-2-1-4-20-10/h1-6,8H,7H2,(H,15,16,18). The predicted octanol–water partition coefficient (Wildman–Crippen LogP) is 1.13. The minimum Gasteiger partial charge on any atom is -0.463 e. The Kier molecular flexibility index (Phi) is 3.34. The molecular formula is C13H10N4O4. The van der Waals surface area contributed by atoms with Crippen LogP contribution in [0.5, 0.6) is 0 Å². The summed E-state index contributed by atoms with van der Waals surface area (Å²) in [5, 5.41) is 6.04. The van der Waals surface area contributed by atoms with Crippen LogP contribution in [0.15, 0.2) is 56.9 Å². The van der Waals surface area contributed by atoms with Gasteiger partial charge in [-0.3, -0.25) is 14.2 Å². The maximum atomic E-state index is 11.9. The van der Waals surface area contributed by atoms with Crippen LogP contribution in [0, 0.1) is 0 Å². The van der Waals surface area contributed by atoms with Gasteiger partial charge in [0.1, 0.15) is 18.5 Å². The van der Waals surface area contributed by atoms with Crippen molar-refractivity contribution in [2.24, 2.45) is 0 Å². The lowest BCUT2D eigenvalue weighted by atomic mass is 10.3. The smallest absolute Gasteiger partial charge is 0.254 e. The third-order valence-electron chi connectivity index (χ3n) is 2.67. The van der Waals surface area contributed by atoms with E-state index in [-0.39, 0.29) is 17.9 Å². The first kappa shape index (κ1) is 12.9. The van der Waals surface area contributed by atoms with Crippen molar-refractivity contribution in [1.29, 1.82) is 0 Å². The molecule has 0 bridgehead atoms. The van der Waals surface area contributed by atoms with Gasteiger partial charge in [0.15, 0.2) is 11.6 Å². The first-order chi connectivity index (χ1) is 10.2. The van der Waals surface area contributed by atoms with Crippen molar-refractivity contribution in [3.05, 3.63) is 53.5 Å². The quantitative estimate of drug-likeness (QED) is 0.771. The highest BCUT2D eigenvalue weighted by molar-refractivity contribution is 5.89. The molecule has 0 unspecified atom stereocenters. The van der Waals surface area contributed by atoms with E-state index in [1.54, 1.807) is 12.1 Å². The SMILES string of the molecule is O=C(Cn1cnc(-c2ccco2)cc1=O)Nc1ccon1. The molecule has 0 aliphatic heterocycles. The molecule has 21 heavy (non-hydrogen) atoms. The highest BCUT2D eigenvalue weighted by Crippen LogP contribution is 2.14. The van der Waals surface area contributed by atoms with Gasteiger partial charge in [0.2, 0.25) is 5.91 Å². The molecule has 0 fully saturated rings. The maximum Gasteiger partial charge on any atom is 0.254 e. The molecule has 3 aromatic rings. The zero-order chi connectivity index (χ0) is 14.7. The zero-order valence-electron chi connectivity index (χ0n) is 10.7. The van der Waals surface area contributed by atoms with E-state index in [1.165, 1.54) is 35.6 Å². The zero-order valence-corrected chi connectivity index (χ0v) is 10.7. The largest absolute Gasteiger partial charge is 0.463 e. The molecule has 0 saturated heterocycles. The van der Waals surface area contributed by atoms with E-state index < -0.39 is 5.91 Å². The van der Waals surface area contributed by atoms with E-state index in [2.05, 4.69) is 20.0 Å². The molecule has 0 spiro atoms. The third-order valence-corrected chi connectivity index (χ3v) is 2.67. The Hall–Kier alpha value is -3.16. The number of carbonyl (C=O) groups is 1. The summed E-state index contributed by atoms with van der Waals surface area (Å²) in [7, 11) is 0. The van der Waals surface area contributed by atoms with Crippen molar-refractivity contribution >= 4 is 11.7 Å². The van der Waals surface area contributed by atoms with Crippen molar-refractivity contribution in [2.45, 2.75) is 6.54 Å². The van der Waals surface area contributed by atoms with Crippen molar-refractivity contribution in [3.63, 3.8) is 0 Å². The van der Waals surface area contributed by atoms with Gasteiger partial charge in [-0.2, -0.15) is 0 Å². The second kappa shape index (κ2) is 5.45. The number of nitrogens with one attached hydrogen (secondary N) is 1. The van der Waals surface area contributed by atoms with Gasteiger partial charge in [-0.05, 0) is 12.1 Å². The van der Waals surface area contributed by atoms with E-state index in [0.717, 1.165) is 0 Å². The summed E-state index contributed by atoms with van der Waals surface area (Å²) in [5.74, 6) is 0.373. The molecule has 106 valence electrons. The Labute approximate surface area is 118 Å². The fourth-order valence-corrected chi connectivity index (χ4v) is 1.72. The lowest BCUT2D eigenvalue weighted by Crippen LogP contribution is -2.27. The number of furan rings is 1. The second-order valence-electron chi connectivity index (χ2n) is 4.15. The van der Waals surface area contributed by atoms with Gasteiger partial charge >= 0.3 is 0 Å². The lowest BCUT2D eigenvalue weighted by Gasteiger charge is -2.05. The van der Waals surface area contributed by atoms with Crippen LogP contribution in [0.25, 0.3) is 11.5 Å². The molecule has 0 radical (unpaired) electrons. The maximum absolute atomic E-state index is 11.9. The predicted molar refractivity (Wildman–Crippen MR) is 71.3 cm³/mol. The number of anilines is 1. The fourth-order valence-electron chi connectivity index (χ4n) is 1.72. The Morgan fingerprint density at radius 1 is 1.33 bits per heavy atom. The van der Waals surface area contributed by atoms with Crippen molar-refractivity contribution in [3.8, 4) is 11.5 Å². The Morgan fingerprint density at radius 3 is 2.90 bits per heavy atom. The monoisotopic (exact) mass is 286 g/mol. The first-order valence-electron chi connectivity index (χ1n) is 6.03. The van der Waals surface area contributed by atoms with E-state index in [4.69, 9.17) is 4.42 Å². The number of carbonyl (C=O) groups excluding carboxylic acids is 1. The van der Waals surface area contributed by atoms with Gasteiger partial charge in [-0.15, -0.1) is 0 Å². The molecule has 0 aliphatic carbocycles. The molecule has 8 heteroatoms. The highest BCUT2D eigenvalue weighted by atomic mass is 16.5. The number of aromatic nitrogens is 3. The number of amides is 1. The molecule has 0 saturated carbocycles. The molecule has 0 aliphatic rings. The molecule has 3 rings (SSSR count). The normalized spacial score (nSPS) is 10.5. The van der Waals surface area contributed by atoms with Gasteiger partial charge in [-0.1, -0.05) is 5.16 Å². The number of hydrogen-bond acceptors (Lipinski definition) is 6. The van der Waals surface area contributed by atoms with Crippen molar-refractivity contribution in [1.82, 2.24) is 14.7 Å². The summed E-state index contributed by atoms with van der Waals surface area (Å²) < 4.78 is 10.9. The van der Waals surface area contributed by atoms with Gasteiger partial charge in [0.25, 0.3) is 5.56 Å². The number of rotatable bonds is 4. The van der Waals surface area contributed by atoms with Crippen LogP contribution in [0.2, 0.25) is 0 Å². The van der Waals surface area contributed by atoms with Crippen LogP contribution in [-0.4, -0.2) is 20.6 Å². The minimum absolute atomic E-state index is 0.170. The molecular weight excluding hydrogens is 276 g/mol. The van der Waals surface area contributed by atoms with E-state index in [9.17, 15) is 9.59 Å². The molecule has 3 heterocycles. The topological polar surface area (TPSA) is 103 Å².